The quantitative estimate of drug-likeness (QED) is 0.865. The molecule has 0 bridgehead atoms. The molecule has 0 radical (unpaired) electrons. The molecule has 0 saturated carbocycles. The SMILES string of the molecule is CCc1cc(CC(=O)C2COc3ccccc3C2)n(C)n1. The molecule has 4 nitrogen and oxygen atoms in total. The number of ether oxygens (including phenoxy) is 1. The molecule has 2 aromatic rings. The lowest BCUT2D eigenvalue weighted by Crippen LogP contribution is -2.29. The predicted molar refractivity (Wildman–Crippen MR) is 80.4 cm³/mol. The Morgan fingerprint density at radius 3 is 3.00 bits per heavy atom. The van der Waals surface area contributed by atoms with E-state index in [1.54, 1.807) is 0 Å². The van der Waals surface area contributed by atoms with Gasteiger partial charge in [-0.2, -0.15) is 5.10 Å². The first-order valence-corrected chi connectivity index (χ1v) is 7.42. The van der Waals surface area contributed by atoms with Gasteiger partial charge in [-0.25, -0.2) is 0 Å². The first-order valence-electron chi connectivity index (χ1n) is 7.42. The topological polar surface area (TPSA) is 44.1 Å². The summed E-state index contributed by atoms with van der Waals surface area (Å²) in [7, 11) is 1.90. The minimum atomic E-state index is -0.0557. The summed E-state index contributed by atoms with van der Waals surface area (Å²) in [6.07, 6.45) is 2.09. The Hall–Kier alpha value is -2.10. The van der Waals surface area contributed by atoms with E-state index in [-0.39, 0.29) is 11.7 Å². The Morgan fingerprint density at radius 1 is 1.43 bits per heavy atom. The van der Waals surface area contributed by atoms with Crippen molar-refractivity contribution in [3.63, 3.8) is 0 Å². The highest BCUT2D eigenvalue weighted by Gasteiger charge is 2.26. The number of carbonyl (C=O) groups excluding carboxylic acids is 1. The van der Waals surface area contributed by atoms with Crippen LogP contribution >= 0.6 is 0 Å². The standard InChI is InChI=1S/C17H20N2O2/c1-3-14-9-15(19(2)18-14)10-16(20)13-8-12-6-4-5-7-17(12)21-11-13/h4-7,9,13H,3,8,10-11H2,1-2H3. The van der Waals surface area contributed by atoms with E-state index >= 15 is 0 Å². The zero-order chi connectivity index (χ0) is 14.8. The molecule has 1 atom stereocenters. The highest BCUT2D eigenvalue weighted by atomic mass is 16.5. The van der Waals surface area contributed by atoms with Gasteiger partial charge in [0.15, 0.2) is 0 Å². The fourth-order valence-corrected chi connectivity index (χ4v) is 2.77. The zero-order valence-electron chi connectivity index (χ0n) is 12.5. The second-order valence-electron chi connectivity index (χ2n) is 5.57. The summed E-state index contributed by atoms with van der Waals surface area (Å²) in [4.78, 5) is 12.5. The first-order chi connectivity index (χ1) is 10.2. The number of hydrogen-bond donors (Lipinski definition) is 0. The van der Waals surface area contributed by atoms with Crippen LogP contribution in [0, 0.1) is 5.92 Å². The third-order valence-electron chi connectivity index (χ3n) is 4.08. The van der Waals surface area contributed by atoms with E-state index in [0.717, 1.165) is 35.5 Å². The van der Waals surface area contributed by atoms with Crippen molar-refractivity contribution in [2.75, 3.05) is 6.61 Å². The van der Waals surface area contributed by atoms with Crippen molar-refractivity contribution < 1.29 is 9.53 Å². The number of aromatic nitrogens is 2. The second-order valence-corrected chi connectivity index (χ2v) is 5.57. The van der Waals surface area contributed by atoms with Crippen molar-refractivity contribution in [1.29, 1.82) is 0 Å². The lowest BCUT2D eigenvalue weighted by atomic mass is 9.91. The van der Waals surface area contributed by atoms with Gasteiger partial charge in [-0.1, -0.05) is 25.1 Å². The van der Waals surface area contributed by atoms with E-state index in [9.17, 15) is 4.79 Å². The third-order valence-corrected chi connectivity index (χ3v) is 4.08. The molecule has 1 aromatic heterocycles. The summed E-state index contributed by atoms with van der Waals surface area (Å²) in [5.74, 6) is 1.09. The first kappa shape index (κ1) is 13.9. The Kier molecular flexibility index (Phi) is 3.78. The number of benzene rings is 1. The van der Waals surface area contributed by atoms with Gasteiger partial charge in [0.05, 0.1) is 18.2 Å². The van der Waals surface area contributed by atoms with Gasteiger partial charge < -0.3 is 4.74 Å². The van der Waals surface area contributed by atoms with E-state index in [4.69, 9.17) is 4.74 Å². The number of Topliss-reactive ketones (excluding diaryl/α,β-unsaturated/α-hetero) is 1. The normalized spacial score (nSPS) is 17.1. The van der Waals surface area contributed by atoms with Crippen LogP contribution in [0.25, 0.3) is 0 Å². The van der Waals surface area contributed by atoms with Crippen LogP contribution in [-0.2, 0) is 31.1 Å². The number of carbonyl (C=O) groups is 1. The molecule has 3 rings (SSSR count). The molecule has 0 N–H and O–H groups in total. The Balaban J connectivity index is 1.70. The van der Waals surface area contributed by atoms with Gasteiger partial charge in [-0.3, -0.25) is 9.48 Å². The minimum Gasteiger partial charge on any atom is -0.493 e. The highest BCUT2D eigenvalue weighted by molar-refractivity contribution is 5.83. The van der Waals surface area contributed by atoms with Crippen LogP contribution in [0.5, 0.6) is 5.75 Å². The molecular weight excluding hydrogens is 264 g/mol. The van der Waals surface area contributed by atoms with Crippen LogP contribution in [0.4, 0.5) is 0 Å². The molecule has 110 valence electrons. The van der Waals surface area contributed by atoms with Crippen LogP contribution in [0.15, 0.2) is 30.3 Å². The molecule has 0 fully saturated rings. The van der Waals surface area contributed by atoms with Gasteiger partial charge in [0.25, 0.3) is 0 Å². The Morgan fingerprint density at radius 2 is 2.24 bits per heavy atom. The maximum atomic E-state index is 12.5. The largest absolute Gasteiger partial charge is 0.493 e. The van der Waals surface area contributed by atoms with Gasteiger partial charge in [0.2, 0.25) is 0 Å². The molecule has 0 aliphatic carbocycles. The molecule has 4 heteroatoms. The van der Waals surface area contributed by atoms with E-state index in [2.05, 4.69) is 12.0 Å². The number of hydrogen-bond acceptors (Lipinski definition) is 3. The number of fused-ring (bicyclic) bond motifs is 1. The van der Waals surface area contributed by atoms with Gasteiger partial charge >= 0.3 is 0 Å². The maximum absolute atomic E-state index is 12.5. The lowest BCUT2D eigenvalue weighted by molar-refractivity contribution is -0.123. The molecule has 1 aliphatic heterocycles. The van der Waals surface area contributed by atoms with Crippen LogP contribution in [0.3, 0.4) is 0 Å². The second kappa shape index (κ2) is 5.72. The molecule has 0 spiro atoms. The predicted octanol–water partition coefficient (Wildman–Crippen LogP) is 2.35. The molecule has 1 aliphatic rings. The maximum Gasteiger partial charge on any atom is 0.145 e. The smallest absolute Gasteiger partial charge is 0.145 e. The van der Waals surface area contributed by atoms with E-state index < -0.39 is 0 Å². The fourth-order valence-electron chi connectivity index (χ4n) is 2.77. The molecule has 1 aromatic carbocycles. The van der Waals surface area contributed by atoms with Crippen LogP contribution in [0.1, 0.15) is 23.9 Å². The van der Waals surface area contributed by atoms with Crippen molar-refractivity contribution in [3.8, 4) is 5.75 Å². The van der Waals surface area contributed by atoms with Crippen molar-refractivity contribution in [3.05, 3.63) is 47.3 Å². The van der Waals surface area contributed by atoms with E-state index in [1.807, 2.05) is 42.1 Å². The third kappa shape index (κ3) is 2.84. The number of para-hydroxylation sites is 1. The van der Waals surface area contributed by atoms with Gasteiger partial charge in [-0.05, 0) is 30.5 Å². The summed E-state index contributed by atoms with van der Waals surface area (Å²) < 4.78 is 7.52. The molecule has 2 heterocycles. The van der Waals surface area contributed by atoms with E-state index in [0.29, 0.717) is 13.0 Å². The summed E-state index contributed by atoms with van der Waals surface area (Å²) in [5, 5.41) is 4.40. The average Bonchev–Trinajstić information content (AvgIpc) is 2.87. The van der Waals surface area contributed by atoms with Gasteiger partial charge in [-0.15, -0.1) is 0 Å². The van der Waals surface area contributed by atoms with Gasteiger partial charge in [0.1, 0.15) is 11.5 Å². The molecule has 1 unspecified atom stereocenters. The molecule has 21 heavy (non-hydrogen) atoms. The number of ketones is 1. The summed E-state index contributed by atoms with van der Waals surface area (Å²) in [6.45, 7) is 2.55. The summed E-state index contributed by atoms with van der Waals surface area (Å²) >= 11 is 0. The Bertz CT molecular complexity index is 661. The molecule has 0 saturated heterocycles. The fraction of sp³-hybridized carbons (Fsp3) is 0.412. The summed E-state index contributed by atoms with van der Waals surface area (Å²) in [5.41, 5.74) is 3.14. The minimum absolute atomic E-state index is 0.0557. The zero-order valence-corrected chi connectivity index (χ0v) is 12.5. The number of aryl methyl sites for hydroxylation is 2. The average molecular weight is 284 g/mol. The molecule has 0 amide bonds. The van der Waals surface area contributed by atoms with Crippen molar-refractivity contribution in [2.45, 2.75) is 26.2 Å². The van der Waals surface area contributed by atoms with Crippen molar-refractivity contribution >= 4 is 5.78 Å². The monoisotopic (exact) mass is 284 g/mol. The van der Waals surface area contributed by atoms with Crippen molar-refractivity contribution in [2.24, 2.45) is 13.0 Å². The van der Waals surface area contributed by atoms with Crippen molar-refractivity contribution in [1.82, 2.24) is 9.78 Å². The summed E-state index contributed by atoms with van der Waals surface area (Å²) in [6, 6.07) is 9.97. The number of nitrogens with zero attached hydrogens (tertiary/aromatic N) is 2. The number of rotatable bonds is 4. The lowest BCUT2D eigenvalue weighted by Gasteiger charge is -2.24. The van der Waals surface area contributed by atoms with Crippen LogP contribution < -0.4 is 4.74 Å². The Labute approximate surface area is 124 Å². The van der Waals surface area contributed by atoms with Crippen LogP contribution in [0.2, 0.25) is 0 Å². The van der Waals surface area contributed by atoms with Crippen LogP contribution in [-0.4, -0.2) is 22.2 Å². The highest BCUT2D eigenvalue weighted by Crippen LogP contribution is 2.27. The van der Waals surface area contributed by atoms with E-state index in [1.165, 1.54) is 0 Å². The van der Waals surface area contributed by atoms with Gasteiger partial charge in [0, 0.05) is 19.2 Å². The molecular formula is C17H20N2O2.